The van der Waals surface area contributed by atoms with Crippen LogP contribution in [0.5, 0.6) is 0 Å². The van der Waals surface area contributed by atoms with Crippen LogP contribution in [0.15, 0.2) is 0 Å². The summed E-state index contributed by atoms with van der Waals surface area (Å²) >= 11 is 0. The average Bonchev–Trinajstić information content (AvgIpc) is 1.80. The average molecular weight is 165 g/mol. The van der Waals surface area contributed by atoms with Gasteiger partial charge in [0.15, 0.2) is 0 Å². The lowest BCUT2D eigenvalue weighted by Gasteiger charge is -2.24. The van der Waals surface area contributed by atoms with Crippen LogP contribution in [-0.2, 0) is 0 Å². The first-order valence-electron chi connectivity index (χ1n) is 3.82. The van der Waals surface area contributed by atoms with E-state index in [1.807, 2.05) is 20.8 Å². The molecule has 0 heterocycles. The van der Waals surface area contributed by atoms with Crippen LogP contribution in [0.1, 0.15) is 27.2 Å². The molecule has 0 spiro atoms. The summed E-state index contributed by atoms with van der Waals surface area (Å²) < 4.78 is 24.3. The van der Waals surface area contributed by atoms with Crippen molar-refractivity contribution in [1.29, 1.82) is 0 Å². The van der Waals surface area contributed by atoms with Crippen molar-refractivity contribution in [3.05, 3.63) is 0 Å². The summed E-state index contributed by atoms with van der Waals surface area (Å²) in [7, 11) is 1.57. The maximum Gasteiger partial charge on any atom is 0.253 e. The Kier molecular flexibility index (Phi) is 3.93. The molecule has 3 heteroatoms. The summed E-state index contributed by atoms with van der Waals surface area (Å²) in [5.41, 5.74) is -0.0376. The lowest BCUT2D eigenvalue weighted by atomic mass is 9.88. The second kappa shape index (κ2) is 4.00. The van der Waals surface area contributed by atoms with E-state index in [2.05, 4.69) is 5.32 Å². The fraction of sp³-hybridized carbons (Fsp3) is 1.00. The topological polar surface area (TPSA) is 12.0 Å². The molecule has 1 atom stereocenters. The predicted molar refractivity (Wildman–Crippen MR) is 42.9 cm³/mol. The van der Waals surface area contributed by atoms with Crippen LogP contribution in [0.2, 0.25) is 0 Å². The second-order valence-corrected chi connectivity index (χ2v) is 3.99. The summed E-state index contributed by atoms with van der Waals surface area (Å²) in [6, 6.07) is -0.671. The zero-order valence-electron chi connectivity index (χ0n) is 7.62. The van der Waals surface area contributed by atoms with Gasteiger partial charge < -0.3 is 5.32 Å². The number of nitrogens with one attached hydrogen (secondary N) is 1. The molecule has 0 fully saturated rings. The molecule has 1 N–H and O–H groups in total. The highest BCUT2D eigenvalue weighted by Crippen LogP contribution is 2.23. The van der Waals surface area contributed by atoms with Crippen LogP contribution < -0.4 is 5.32 Å². The van der Waals surface area contributed by atoms with E-state index in [1.54, 1.807) is 7.05 Å². The zero-order valence-corrected chi connectivity index (χ0v) is 7.62. The van der Waals surface area contributed by atoms with Crippen molar-refractivity contribution < 1.29 is 8.78 Å². The van der Waals surface area contributed by atoms with Gasteiger partial charge in [0.25, 0.3) is 6.43 Å². The van der Waals surface area contributed by atoms with Crippen LogP contribution in [0, 0.1) is 5.41 Å². The van der Waals surface area contributed by atoms with E-state index in [-0.39, 0.29) is 5.41 Å². The molecule has 0 aliphatic heterocycles. The molecule has 0 amide bonds. The van der Waals surface area contributed by atoms with Gasteiger partial charge in [0.2, 0.25) is 0 Å². The summed E-state index contributed by atoms with van der Waals surface area (Å²) in [4.78, 5) is 0. The van der Waals surface area contributed by atoms with Crippen molar-refractivity contribution in [3.8, 4) is 0 Å². The molecule has 0 radical (unpaired) electrons. The van der Waals surface area contributed by atoms with E-state index in [1.165, 1.54) is 0 Å². The van der Waals surface area contributed by atoms with Crippen molar-refractivity contribution >= 4 is 0 Å². The highest BCUT2D eigenvalue weighted by molar-refractivity contribution is 4.74. The Bertz CT molecular complexity index is 107. The van der Waals surface area contributed by atoms with Gasteiger partial charge in [-0.15, -0.1) is 0 Å². The standard InChI is InChI=1S/C8H17F2N/c1-8(2,3)5-6(11-4)7(9)10/h6-7,11H,5H2,1-4H3. The molecule has 0 aliphatic rings. The minimum Gasteiger partial charge on any atom is -0.312 e. The van der Waals surface area contributed by atoms with E-state index >= 15 is 0 Å². The third kappa shape index (κ3) is 5.13. The van der Waals surface area contributed by atoms with E-state index < -0.39 is 12.5 Å². The van der Waals surface area contributed by atoms with Gasteiger partial charge in [-0.25, -0.2) is 8.78 Å². The van der Waals surface area contributed by atoms with Crippen LogP contribution in [-0.4, -0.2) is 19.5 Å². The minimum atomic E-state index is -2.26. The molecule has 0 aromatic carbocycles. The van der Waals surface area contributed by atoms with Gasteiger partial charge in [-0.2, -0.15) is 0 Å². The number of rotatable bonds is 3. The van der Waals surface area contributed by atoms with Crippen molar-refractivity contribution in [1.82, 2.24) is 5.32 Å². The van der Waals surface area contributed by atoms with Crippen LogP contribution in [0.4, 0.5) is 8.78 Å². The fourth-order valence-corrected chi connectivity index (χ4v) is 0.977. The van der Waals surface area contributed by atoms with Gasteiger partial charge >= 0.3 is 0 Å². The highest BCUT2D eigenvalue weighted by atomic mass is 19.3. The Morgan fingerprint density at radius 2 is 1.73 bits per heavy atom. The Labute approximate surface area is 67.2 Å². The maximum atomic E-state index is 12.2. The van der Waals surface area contributed by atoms with E-state index in [0.717, 1.165) is 0 Å². The molecule has 0 aromatic rings. The normalized spacial score (nSPS) is 15.5. The SMILES string of the molecule is CNC(CC(C)(C)C)C(F)F. The van der Waals surface area contributed by atoms with Gasteiger partial charge in [-0.05, 0) is 18.9 Å². The van der Waals surface area contributed by atoms with Crippen LogP contribution >= 0.6 is 0 Å². The number of halogens is 2. The first-order valence-corrected chi connectivity index (χ1v) is 3.82. The van der Waals surface area contributed by atoms with Crippen LogP contribution in [0.25, 0.3) is 0 Å². The molecule has 0 rings (SSSR count). The van der Waals surface area contributed by atoms with Crippen molar-refractivity contribution in [3.63, 3.8) is 0 Å². The monoisotopic (exact) mass is 165 g/mol. The lowest BCUT2D eigenvalue weighted by Crippen LogP contribution is -2.36. The lowest BCUT2D eigenvalue weighted by molar-refractivity contribution is 0.0806. The molecule has 1 nitrogen and oxygen atoms in total. The van der Waals surface area contributed by atoms with Gasteiger partial charge in [-0.3, -0.25) is 0 Å². The Balaban J connectivity index is 3.88. The summed E-state index contributed by atoms with van der Waals surface area (Å²) in [6.07, 6.45) is -1.76. The van der Waals surface area contributed by atoms with E-state index in [4.69, 9.17) is 0 Å². The fourth-order valence-electron chi connectivity index (χ4n) is 0.977. The molecule has 68 valence electrons. The van der Waals surface area contributed by atoms with Crippen molar-refractivity contribution in [2.45, 2.75) is 39.7 Å². The minimum absolute atomic E-state index is 0.0376. The predicted octanol–water partition coefficient (Wildman–Crippen LogP) is 2.28. The zero-order chi connectivity index (χ0) is 9.07. The number of hydrogen-bond acceptors (Lipinski definition) is 1. The number of hydrogen-bond donors (Lipinski definition) is 1. The summed E-state index contributed by atoms with van der Waals surface area (Å²) in [5.74, 6) is 0. The summed E-state index contributed by atoms with van der Waals surface area (Å²) in [5, 5.41) is 2.61. The first kappa shape index (κ1) is 10.8. The number of alkyl halides is 2. The van der Waals surface area contributed by atoms with Gasteiger partial charge in [0.1, 0.15) is 0 Å². The molecule has 0 saturated carbocycles. The third-order valence-electron chi connectivity index (χ3n) is 1.51. The summed E-state index contributed by atoms with van der Waals surface area (Å²) in [6.45, 7) is 5.87. The molecule has 0 saturated heterocycles. The highest BCUT2D eigenvalue weighted by Gasteiger charge is 2.24. The van der Waals surface area contributed by atoms with Gasteiger partial charge in [-0.1, -0.05) is 20.8 Å². The smallest absolute Gasteiger partial charge is 0.253 e. The van der Waals surface area contributed by atoms with E-state index in [9.17, 15) is 8.78 Å². The molecular weight excluding hydrogens is 148 g/mol. The quantitative estimate of drug-likeness (QED) is 0.676. The molecule has 1 unspecified atom stereocenters. The molecular formula is C8H17F2N. The largest absolute Gasteiger partial charge is 0.312 e. The second-order valence-electron chi connectivity index (χ2n) is 3.99. The third-order valence-corrected chi connectivity index (χ3v) is 1.51. The van der Waals surface area contributed by atoms with Gasteiger partial charge in [0.05, 0.1) is 6.04 Å². The Morgan fingerprint density at radius 1 is 1.27 bits per heavy atom. The Hall–Kier alpha value is -0.180. The van der Waals surface area contributed by atoms with Crippen molar-refractivity contribution in [2.75, 3.05) is 7.05 Å². The molecule has 0 bridgehead atoms. The molecule has 0 aliphatic carbocycles. The van der Waals surface area contributed by atoms with Gasteiger partial charge in [0, 0.05) is 0 Å². The van der Waals surface area contributed by atoms with Crippen molar-refractivity contribution in [2.24, 2.45) is 5.41 Å². The Morgan fingerprint density at radius 3 is 1.82 bits per heavy atom. The van der Waals surface area contributed by atoms with E-state index in [0.29, 0.717) is 6.42 Å². The van der Waals surface area contributed by atoms with Crippen LogP contribution in [0.3, 0.4) is 0 Å². The maximum absolute atomic E-state index is 12.2. The molecule has 0 aromatic heterocycles. The first-order chi connectivity index (χ1) is 4.87. The molecule has 11 heavy (non-hydrogen) atoms.